The van der Waals surface area contributed by atoms with Crippen molar-refractivity contribution in [2.75, 3.05) is 6.54 Å². The van der Waals surface area contributed by atoms with Gasteiger partial charge in [0.1, 0.15) is 11.3 Å². The molecule has 0 bridgehead atoms. The van der Waals surface area contributed by atoms with Crippen LogP contribution in [0.25, 0.3) is 11.0 Å². The Morgan fingerprint density at radius 2 is 1.94 bits per heavy atom. The van der Waals surface area contributed by atoms with Gasteiger partial charge < -0.3 is 10.2 Å². The molecule has 1 saturated carbocycles. The molecule has 1 aliphatic rings. The topological polar surface area (TPSA) is 39.2 Å². The minimum Gasteiger partial charge on any atom is -0.461 e. The second-order valence-electron chi connectivity index (χ2n) is 5.43. The van der Waals surface area contributed by atoms with Crippen molar-refractivity contribution in [3.8, 4) is 0 Å². The Hall–Kier alpha value is -1.28. The first-order valence-corrected chi connectivity index (χ1v) is 7.07. The lowest BCUT2D eigenvalue weighted by Gasteiger charge is -2.21. The summed E-state index contributed by atoms with van der Waals surface area (Å²) in [4.78, 5) is 0. The van der Waals surface area contributed by atoms with Crippen molar-refractivity contribution in [2.45, 2.75) is 38.0 Å². The van der Waals surface area contributed by atoms with Crippen LogP contribution in [0.3, 0.4) is 0 Å². The van der Waals surface area contributed by atoms with Gasteiger partial charge in [-0.05, 0) is 37.4 Å². The fraction of sp³-hybridized carbons (Fsp3) is 0.500. The molecular weight excluding hydrogens is 222 g/mol. The van der Waals surface area contributed by atoms with E-state index in [2.05, 4.69) is 18.2 Å². The van der Waals surface area contributed by atoms with Crippen LogP contribution in [0.5, 0.6) is 0 Å². The van der Waals surface area contributed by atoms with Gasteiger partial charge in [-0.2, -0.15) is 0 Å². The minimum atomic E-state index is 0.518. The van der Waals surface area contributed by atoms with E-state index in [1.54, 1.807) is 0 Å². The largest absolute Gasteiger partial charge is 0.461 e. The van der Waals surface area contributed by atoms with Crippen molar-refractivity contribution in [2.24, 2.45) is 11.7 Å². The van der Waals surface area contributed by atoms with Crippen molar-refractivity contribution < 1.29 is 4.42 Å². The van der Waals surface area contributed by atoms with Crippen LogP contribution in [0.15, 0.2) is 34.7 Å². The molecule has 1 aliphatic carbocycles. The number of nitrogens with two attached hydrogens (primary N) is 1. The van der Waals surface area contributed by atoms with Gasteiger partial charge >= 0.3 is 0 Å². The molecule has 0 amide bonds. The van der Waals surface area contributed by atoms with E-state index in [0.29, 0.717) is 11.8 Å². The second-order valence-corrected chi connectivity index (χ2v) is 5.43. The maximum absolute atomic E-state index is 6.04. The van der Waals surface area contributed by atoms with Gasteiger partial charge in [-0.3, -0.25) is 0 Å². The van der Waals surface area contributed by atoms with Crippen molar-refractivity contribution >= 4 is 11.0 Å². The summed E-state index contributed by atoms with van der Waals surface area (Å²) in [6, 6.07) is 10.5. The first-order valence-electron chi connectivity index (χ1n) is 7.07. The van der Waals surface area contributed by atoms with Gasteiger partial charge in [-0.25, -0.2) is 0 Å². The normalized spacial score (nSPS) is 25.2. The van der Waals surface area contributed by atoms with Crippen molar-refractivity contribution in [1.82, 2.24) is 0 Å². The molecule has 2 unspecified atom stereocenters. The van der Waals surface area contributed by atoms with Gasteiger partial charge in [0, 0.05) is 11.3 Å². The summed E-state index contributed by atoms with van der Waals surface area (Å²) in [6.45, 7) is 0.779. The monoisotopic (exact) mass is 243 g/mol. The van der Waals surface area contributed by atoms with Crippen LogP contribution in [0.4, 0.5) is 0 Å². The molecule has 2 atom stereocenters. The molecule has 18 heavy (non-hydrogen) atoms. The van der Waals surface area contributed by atoms with Crippen LogP contribution < -0.4 is 5.73 Å². The molecule has 2 nitrogen and oxygen atoms in total. The molecule has 1 fully saturated rings. The Labute approximate surface area is 108 Å². The van der Waals surface area contributed by atoms with E-state index in [9.17, 15) is 0 Å². The Morgan fingerprint density at radius 3 is 2.78 bits per heavy atom. The lowest BCUT2D eigenvalue weighted by Crippen LogP contribution is -2.20. The minimum absolute atomic E-state index is 0.518. The molecular formula is C16H21NO. The van der Waals surface area contributed by atoms with E-state index in [-0.39, 0.29) is 0 Å². The molecule has 1 aromatic carbocycles. The zero-order chi connectivity index (χ0) is 12.4. The summed E-state index contributed by atoms with van der Waals surface area (Å²) in [6.07, 6.45) is 6.43. The maximum Gasteiger partial charge on any atom is 0.134 e. The van der Waals surface area contributed by atoms with Crippen molar-refractivity contribution in [1.29, 1.82) is 0 Å². The van der Waals surface area contributed by atoms with Gasteiger partial charge in [0.2, 0.25) is 0 Å². The van der Waals surface area contributed by atoms with E-state index in [4.69, 9.17) is 10.2 Å². The smallest absolute Gasteiger partial charge is 0.134 e. The number of benzene rings is 1. The fourth-order valence-corrected chi connectivity index (χ4v) is 3.23. The third kappa shape index (κ3) is 2.17. The summed E-state index contributed by atoms with van der Waals surface area (Å²) in [5, 5.41) is 1.22. The van der Waals surface area contributed by atoms with Crippen molar-refractivity contribution in [3.05, 3.63) is 36.1 Å². The zero-order valence-corrected chi connectivity index (χ0v) is 10.8. The predicted octanol–water partition coefficient (Wildman–Crippen LogP) is 4.06. The Balaban J connectivity index is 1.95. The Kier molecular flexibility index (Phi) is 3.37. The molecule has 2 heteroatoms. The summed E-state index contributed by atoms with van der Waals surface area (Å²) < 4.78 is 6.04. The average molecular weight is 243 g/mol. The quantitative estimate of drug-likeness (QED) is 0.808. The van der Waals surface area contributed by atoms with E-state index in [1.165, 1.54) is 37.5 Å². The summed E-state index contributed by atoms with van der Waals surface area (Å²) in [5.74, 6) is 2.26. The summed E-state index contributed by atoms with van der Waals surface area (Å²) in [7, 11) is 0. The molecule has 96 valence electrons. The van der Waals surface area contributed by atoms with E-state index < -0.39 is 0 Å². The van der Waals surface area contributed by atoms with Crippen LogP contribution in [0.2, 0.25) is 0 Å². The third-order valence-electron chi connectivity index (χ3n) is 4.27. The van der Waals surface area contributed by atoms with Crippen LogP contribution in [0.1, 0.15) is 43.8 Å². The Bertz CT molecular complexity index is 484. The van der Waals surface area contributed by atoms with Gasteiger partial charge in [0.05, 0.1) is 0 Å². The molecule has 0 saturated heterocycles. The molecule has 0 aliphatic heterocycles. The zero-order valence-electron chi connectivity index (χ0n) is 10.8. The number of rotatable bonds is 2. The maximum atomic E-state index is 6.04. The van der Waals surface area contributed by atoms with Crippen LogP contribution >= 0.6 is 0 Å². The second kappa shape index (κ2) is 5.15. The highest BCUT2D eigenvalue weighted by atomic mass is 16.3. The molecule has 1 heterocycles. The van der Waals surface area contributed by atoms with Crippen LogP contribution in [0, 0.1) is 5.92 Å². The van der Waals surface area contributed by atoms with Gasteiger partial charge in [0.25, 0.3) is 0 Å². The van der Waals surface area contributed by atoms with Crippen LogP contribution in [-0.2, 0) is 0 Å². The number of para-hydroxylation sites is 1. The van der Waals surface area contributed by atoms with E-state index in [1.807, 2.05) is 12.1 Å². The standard InChI is InChI=1S/C16H21NO/c17-11-13-7-2-1-3-8-14(13)16-10-12-6-4-5-9-15(12)18-16/h4-6,9-10,13-14H,1-3,7-8,11,17H2. The lowest BCUT2D eigenvalue weighted by molar-refractivity contribution is 0.355. The molecule has 0 spiro atoms. The van der Waals surface area contributed by atoms with Gasteiger partial charge in [-0.1, -0.05) is 37.5 Å². The van der Waals surface area contributed by atoms with Gasteiger partial charge in [-0.15, -0.1) is 0 Å². The van der Waals surface area contributed by atoms with Gasteiger partial charge in [0.15, 0.2) is 0 Å². The molecule has 0 radical (unpaired) electrons. The molecule has 2 N–H and O–H groups in total. The highest BCUT2D eigenvalue weighted by Crippen LogP contribution is 2.38. The Morgan fingerprint density at radius 1 is 1.11 bits per heavy atom. The molecule has 2 aromatic rings. The first-order chi connectivity index (χ1) is 8.88. The SMILES string of the molecule is NCC1CCCCCC1c1cc2ccccc2o1. The van der Waals surface area contributed by atoms with E-state index in [0.717, 1.165) is 17.9 Å². The summed E-state index contributed by atoms with van der Waals surface area (Å²) in [5.41, 5.74) is 6.96. The molecule has 1 aromatic heterocycles. The van der Waals surface area contributed by atoms with E-state index >= 15 is 0 Å². The third-order valence-corrected chi connectivity index (χ3v) is 4.27. The van der Waals surface area contributed by atoms with Crippen molar-refractivity contribution in [3.63, 3.8) is 0 Å². The summed E-state index contributed by atoms with van der Waals surface area (Å²) >= 11 is 0. The number of hydrogen-bond acceptors (Lipinski definition) is 2. The average Bonchev–Trinajstić information content (AvgIpc) is 2.68. The fourth-order valence-electron chi connectivity index (χ4n) is 3.23. The highest BCUT2D eigenvalue weighted by Gasteiger charge is 2.26. The highest BCUT2D eigenvalue weighted by molar-refractivity contribution is 5.77. The predicted molar refractivity (Wildman–Crippen MR) is 74.6 cm³/mol. The number of furan rings is 1. The number of fused-ring (bicyclic) bond motifs is 1. The first kappa shape index (κ1) is 11.8. The molecule has 3 rings (SSSR count). The lowest BCUT2D eigenvalue weighted by atomic mass is 9.86. The van der Waals surface area contributed by atoms with Crippen LogP contribution in [-0.4, -0.2) is 6.54 Å². The number of hydrogen-bond donors (Lipinski definition) is 1.